The third-order valence-corrected chi connectivity index (χ3v) is 2.41. The fourth-order valence-electron chi connectivity index (χ4n) is 1.61. The van der Waals surface area contributed by atoms with E-state index in [2.05, 4.69) is 10.3 Å². The number of nitrogens with zero attached hydrogens (tertiary/aromatic N) is 3. The van der Waals surface area contributed by atoms with Crippen LogP contribution in [0.4, 0.5) is 0 Å². The number of hydrogen-bond donors (Lipinski definition) is 0. The van der Waals surface area contributed by atoms with Crippen LogP contribution in [0.15, 0.2) is 60.1 Å². The topological polar surface area (TPSA) is 45.6 Å². The van der Waals surface area contributed by atoms with E-state index in [1.807, 2.05) is 42.5 Å². The summed E-state index contributed by atoms with van der Waals surface area (Å²) in [6.07, 6.45) is 3.45. The highest BCUT2D eigenvalue weighted by Crippen LogP contribution is 2.09. The molecule has 4 nitrogen and oxygen atoms in total. The summed E-state index contributed by atoms with van der Waals surface area (Å²) in [7, 11) is 0. The molecule has 0 spiro atoms. The summed E-state index contributed by atoms with van der Waals surface area (Å²) in [5.74, 6) is 0. The van der Waals surface area contributed by atoms with Gasteiger partial charge in [-0.05, 0) is 17.2 Å². The van der Waals surface area contributed by atoms with Crippen LogP contribution < -0.4 is 0 Å². The van der Waals surface area contributed by atoms with Gasteiger partial charge in [0, 0.05) is 12.4 Å². The predicted octanol–water partition coefficient (Wildman–Crippen LogP) is 2.77. The second-order valence-electron chi connectivity index (χ2n) is 3.75. The van der Waals surface area contributed by atoms with Crippen molar-refractivity contribution in [1.82, 2.24) is 9.99 Å². The zero-order chi connectivity index (χ0) is 11.9. The van der Waals surface area contributed by atoms with Crippen molar-refractivity contribution in [2.75, 3.05) is 0 Å². The molecule has 0 N–H and O–H groups in total. The molecule has 0 fully saturated rings. The maximum atomic E-state index is 10.8. The average molecular weight is 227 g/mol. The second kappa shape index (κ2) is 5.75. The number of rotatable bonds is 5. The van der Waals surface area contributed by atoms with Gasteiger partial charge in [0.05, 0.1) is 18.4 Å². The van der Waals surface area contributed by atoms with E-state index >= 15 is 0 Å². The normalized spacial score (nSPS) is 9.88. The van der Waals surface area contributed by atoms with Crippen molar-refractivity contribution in [3.63, 3.8) is 0 Å². The molecular weight excluding hydrogens is 214 g/mol. The Balaban J connectivity index is 2.01. The quantitative estimate of drug-likeness (QED) is 0.582. The highest BCUT2D eigenvalue weighted by Gasteiger charge is 2.05. The summed E-state index contributed by atoms with van der Waals surface area (Å²) in [5, 5.41) is 4.51. The Labute approximate surface area is 99.9 Å². The lowest BCUT2D eigenvalue weighted by molar-refractivity contribution is 0.266. The Hall–Kier alpha value is -2.23. The Morgan fingerprint density at radius 3 is 2.35 bits per heavy atom. The molecule has 0 radical (unpaired) electrons. The van der Waals surface area contributed by atoms with Gasteiger partial charge < -0.3 is 0 Å². The van der Waals surface area contributed by atoms with E-state index in [1.54, 1.807) is 12.4 Å². The molecule has 1 heterocycles. The minimum Gasteiger partial charge on any atom is -0.264 e. The molecule has 1 aromatic heterocycles. The van der Waals surface area contributed by atoms with Gasteiger partial charge in [-0.15, -0.1) is 4.91 Å². The first-order valence-electron chi connectivity index (χ1n) is 5.39. The first-order chi connectivity index (χ1) is 8.38. The first kappa shape index (κ1) is 11.3. The van der Waals surface area contributed by atoms with Crippen molar-refractivity contribution in [3.05, 3.63) is 70.9 Å². The van der Waals surface area contributed by atoms with E-state index in [4.69, 9.17) is 0 Å². The van der Waals surface area contributed by atoms with Gasteiger partial charge in [-0.3, -0.25) is 9.99 Å². The maximum absolute atomic E-state index is 10.8. The first-order valence-corrected chi connectivity index (χ1v) is 5.39. The molecule has 0 atom stereocenters. The molecule has 17 heavy (non-hydrogen) atoms. The Morgan fingerprint density at radius 2 is 1.71 bits per heavy atom. The van der Waals surface area contributed by atoms with Gasteiger partial charge in [0.2, 0.25) is 0 Å². The van der Waals surface area contributed by atoms with E-state index in [1.165, 1.54) is 5.01 Å². The van der Waals surface area contributed by atoms with E-state index in [-0.39, 0.29) is 0 Å². The SMILES string of the molecule is O=NN(Cc1ccccc1)Cc1cccnc1. The molecule has 2 aromatic rings. The van der Waals surface area contributed by atoms with E-state index in [0.717, 1.165) is 11.1 Å². The van der Waals surface area contributed by atoms with Crippen molar-refractivity contribution in [2.24, 2.45) is 5.29 Å². The van der Waals surface area contributed by atoms with E-state index in [9.17, 15) is 4.91 Å². The molecule has 0 unspecified atom stereocenters. The van der Waals surface area contributed by atoms with Crippen LogP contribution in [-0.4, -0.2) is 9.99 Å². The van der Waals surface area contributed by atoms with E-state index in [0.29, 0.717) is 13.1 Å². The van der Waals surface area contributed by atoms with Crippen LogP contribution in [0.5, 0.6) is 0 Å². The Morgan fingerprint density at radius 1 is 1.00 bits per heavy atom. The minimum atomic E-state index is 0.478. The summed E-state index contributed by atoms with van der Waals surface area (Å²) < 4.78 is 0. The highest BCUT2D eigenvalue weighted by atomic mass is 16.3. The van der Waals surface area contributed by atoms with Crippen LogP contribution in [0.1, 0.15) is 11.1 Å². The number of benzene rings is 1. The molecule has 0 aliphatic carbocycles. The standard InChI is InChI=1S/C13H13N3O/c17-15-16(10-12-5-2-1-3-6-12)11-13-7-4-8-14-9-13/h1-9H,10-11H2. The lowest BCUT2D eigenvalue weighted by Crippen LogP contribution is -2.15. The zero-order valence-electron chi connectivity index (χ0n) is 9.36. The maximum Gasteiger partial charge on any atom is 0.0661 e. The minimum absolute atomic E-state index is 0.478. The number of nitroso groups, excluding NO2 is 1. The van der Waals surface area contributed by atoms with Gasteiger partial charge in [0.1, 0.15) is 0 Å². The zero-order valence-corrected chi connectivity index (χ0v) is 9.36. The molecule has 0 aliphatic heterocycles. The second-order valence-corrected chi connectivity index (χ2v) is 3.75. The van der Waals surface area contributed by atoms with Gasteiger partial charge in [0.25, 0.3) is 0 Å². The summed E-state index contributed by atoms with van der Waals surface area (Å²) in [4.78, 5) is 14.8. The monoisotopic (exact) mass is 227 g/mol. The highest BCUT2D eigenvalue weighted by molar-refractivity contribution is 5.15. The number of aromatic nitrogens is 1. The summed E-state index contributed by atoms with van der Waals surface area (Å²) >= 11 is 0. The van der Waals surface area contributed by atoms with Gasteiger partial charge in [0.15, 0.2) is 0 Å². The van der Waals surface area contributed by atoms with Crippen molar-refractivity contribution in [1.29, 1.82) is 0 Å². The molecule has 0 amide bonds. The molecule has 0 aliphatic rings. The van der Waals surface area contributed by atoms with Crippen LogP contribution in [0.3, 0.4) is 0 Å². The Bertz CT molecular complexity index is 417. The van der Waals surface area contributed by atoms with Crippen molar-refractivity contribution >= 4 is 0 Å². The Kier molecular flexibility index (Phi) is 3.81. The molecule has 0 saturated carbocycles. The van der Waals surface area contributed by atoms with Crippen molar-refractivity contribution in [3.8, 4) is 0 Å². The van der Waals surface area contributed by atoms with Gasteiger partial charge in [-0.2, -0.15) is 0 Å². The molecule has 0 bridgehead atoms. The predicted molar refractivity (Wildman–Crippen MR) is 65.7 cm³/mol. The van der Waals surface area contributed by atoms with Crippen molar-refractivity contribution < 1.29 is 0 Å². The van der Waals surface area contributed by atoms with Crippen LogP contribution in [-0.2, 0) is 13.1 Å². The summed E-state index contributed by atoms with van der Waals surface area (Å²) in [6, 6.07) is 13.6. The van der Waals surface area contributed by atoms with Crippen LogP contribution in [0, 0.1) is 4.91 Å². The largest absolute Gasteiger partial charge is 0.264 e. The third-order valence-electron chi connectivity index (χ3n) is 2.41. The van der Waals surface area contributed by atoms with Gasteiger partial charge in [-0.1, -0.05) is 36.4 Å². The van der Waals surface area contributed by atoms with Crippen molar-refractivity contribution in [2.45, 2.75) is 13.1 Å². The fourth-order valence-corrected chi connectivity index (χ4v) is 1.61. The lowest BCUT2D eigenvalue weighted by Gasteiger charge is -2.14. The number of pyridine rings is 1. The van der Waals surface area contributed by atoms with Crippen LogP contribution in [0.25, 0.3) is 0 Å². The summed E-state index contributed by atoms with van der Waals surface area (Å²) in [5.41, 5.74) is 2.04. The smallest absolute Gasteiger partial charge is 0.0661 e. The van der Waals surface area contributed by atoms with Gasteiger partial charge in [-0.25, -0.2) is 0 Å². The molecule has 0 saturated heterocycles. The molecule has 4 heteroatoms. The fraction of sp³-hybridized carbons (Fsp3) is 0.154. The van der Waals surface area contributed by atoms with E-state index < -0.39 is 0 Å². The number of hydrogen-bond acceptors (Lipinski definition) is 3. The van der Waals surface area contributed by atoms with Gasteiger partial charge >= 0.3 is 0 Å². The summed E-state index contributed by atoms with van der Waals surface area (Å²) in [6.45, 7) is 0.992. The molecule has 2 rings (SSSR count). The molecule has 1 aromatic carbocycles. The lowest BCUT2D eigenvalue weighted by atomic mass is 10.2. The molecule has 86 valence electrons. The van der Waals surface area contributed by atoms with Crippen LogP contribution in [0.2, 0.25) is 0 Å². The van der Waals surface area contributed by atoms with Crippen LogP contribution >= 0.6 is 0 Å². The third kappa shape index (κ3) is 3.38. The average Bonchev–Trinajstić information content (AvgIpc) is 2.40. The molecular formula is C13H13N3O.